The van der Waals surface area contributed by atoms with Crippen LogP contribution in [0.15, 0.2) is 53.3 Å². The smallest absolute Gasteiger partial charge is 0.297 e. The molecule has 0 spiro atoms. The lowest BCUT2D eigenvalue weighted by Crippen LogP contribution is -2.27. The van der Waals surface area contributed by atoms with Crippen LogP contribution in [0.4, 0.5) is 0 Å². The summed E-state index contributed by atoms with van der Waals surface area (Å²) in [5.41, 5.74) is 4.66. The van der Waals surface area contributed by atoms with Gasteiger partial charge in [-0.25, -0.2) is 0 Å². The van der Waals surface area contributed by atoms with E-state index < -0.39 is 20.2 Å². The fourth-order valence-corrected chi connectivity index (χ4v) is 10.9. The summed E-state index contributed by atoms with van der Waals surface area (Å²) in [7, 11) is -8.06. The van der Waals surface area contributed by atoms with E-state index in [0.717, 1.165) is 105 Å². The second kappa shape index (κ2) is 17.5. The van der Waals surface area contributed by atoms with Crippen LogP contribution < -0.4 is 0 Å². The third-order valence-corrected chi connectivity index (χ3v) is 13.7. The number of benzene rings is 2. The molecular formula is C40H56O8S2. The first-order valence-electron chi connectivity index (χ1n) is 18.7. The fraction of sp³-hybridized carbons (Fsp3) is 0.600. The van der Waals surface area contributed by atoms with Gasteiger partial charge in [0.2, 0.25) is 0 Å². The Labute approximate surface area is 299 Å². The highest BCUT2D eigenvalue weighted by Gasteiger charge is 2.33. The Hall–Kier alpha value is -2.34. The number of hydrogen-bond acceptors (Lipinski definition) is 7. The van der Waals surface area contributed by atoms with Gasteiger partial charge in [0, 0.05) is 0 Å². The molecule has 0 radical (unpaired) electrons. The van der Waals surface area contributed by atoms with E-state index in [9.17, 15) is 31.6 Å². The zero-order chi connectivity index (χ0) is 35.9. The Balaban J connectivity index is 0.000000194. The summed E-state index contributed by atoms with van der Waals surface area (Å²) >= 11 is 0. The first-order valence-corrected chi connectivity index (χ1v) is 21.6. The minimum atomic E-state index is -4.26. The molecule has 4 aliphatic carbocycles. The van der Waals surface area contributed by atoms with Crippen LogP contribution in [0.25, 0.3) is 12.2 Å². The number of aliphatic hydroxyl groups excluding tert-OH is 2. The standard InChI is InChI=1S/2C20H28O4S/c1-2-15-8-13-20(19(14-15)16-6-4-3-5-7-16)25(22,23)24-18-11-9-17(21)10-12-18;1-2-14-10-13-18(25(22,23)24)20(15-6-4-3-5-7-15)19(14)16-8-11-17(21)12-9-16/h2,8,13-14,16-18,21H,1,3-7,9-12H2;2,10,13,15-17,21H,1,3-9,11-12H2,(H,22,23,24). The van der Waals surface area contributed by atoms with Gasteiger partial charge < -0.3 is 10.2 Å². The monoisotopic (exact) mass is 728 g/mol. The molecule has 0 aliphatic heterocycles. The quantitative estimate of drug-likeness (QED) is 0.172. The van der Waals surface area contributed by atoms with Gasteiger partial charge in [0.1, 0.15) is 0 Å². The second-order valence-electron chi connectivity index (χ2n) is 14.8. The highest BCUT2D eigenvalue weighted by molar-refractivity contribution is 7.87. The van der Waals surface area contributed by atoms with Gasteiger partial charge in [0.15, 0.2) is 0 Å². The van der Waals surface area contributed by atoms with Gasteiger partial charge in [0.25, 0.3) is 20.2 Å². The van der Waals surface area contributed by atoms with Crippen molar-refractivity contribution in [2.24, 2.45) is 0 Å². The molecule has 2 aromatic carbocycles. The predicted octanol–water partition coefficient (Wildman–Crippen LogP) is 9.03. The van der Waals surface area contributed by atoms with Crippen LogP contribution in [0.1, 0.15) is 161 Å². The Morgan fingerprint density at radius 1 is 0.600 bits per heavy atom. The van der Waals surface area contributed by atoms with Crippen LogP contribution in [0.2, 0.25) is 0 Å². The van der Waals surface area contributed by atoms with Crippen molar-refractivity contribution in [1.82, 2.24) is 0 Å². The van der Waals surface area contributed by atoms with E-state index in [4.69, 9.17) is 4.18 Å². The minimum Gasteiger partial charge on any atom is -0.393 e. The fourth-order valence-electron chi connectivity index (χ4n) is 8.70. The van der Waals surface area contributed by atoms with E-state index >= 15 is 0 Å². The Kier molecular flexibility index (Phi) is 13.6. The number of rotatable bonds is 9. The number of aliphatic hydroxyl groups is 2. The summed E-state index contributed by atoms with van der Waals surface area (Å²) in [5.74, 6) is 0.664. The SMILES string of the molecule is C=Cc1ccc(S(=O)(=O)O)c(C2CCCCC2)c1C1CCC(O)CC1.C=Cc1ccc(S(=O)(=O)OC2CCC(O)CC2)c(C2CCCCC2)c1. The zero-order valence-corrected chi connectivity index (χ0v) is 31.0. The molecule has 6 rings (SSSR count). The zero-order valence-electron chi connectivity index (χ0n) is 29.3. The van der Waals surface area contributed by atoms with Crippen LogP contribution in [-0.2, 0) is 24.4 Å². The molecule has 4 aliphatic rings. The molecule has 0 heterocycles. The van der Waals surface area contributed by atoms with Gasteiger partial charge in [-0.3, -0.25) is 8.74 Å². The van der Waals surface area contributed by atoms with Gasteiger partial charge in [-0.15, -0.1) is 0 Å². The van der Waals surface area contributed by atoms with Crippen molar-refractivity contribution in [1.29, 1.82) is 0 Å². The van der Waals surface area contributed by atoms with Gasteiger partial charge in [-0.1, -0.05) is 82.0 Å². The van der Waals surface area contributed by atoms with Crippen molar-refractivity contribution >= 4 is 32.4 Å². The maximum absolute atomic E-state index is 12.9. The van der Waals surface area contributed by atoms with E-state index in [1.54, 1.807) is 30.4 Å². The lowest BCUT2D eigenvalue weighted by Gasteiger charge is -2.33. The molecule has 4 fully saturated rings. The first kappa shape index (κ1) is 38.9. The van der Waals surface area contributed by atoms with Crippen molar-refractivity contribution in [3.8, 4) is 0 Å². The molecule has 10 heteroatoms. The van der Waals surface area contributed by atoms with Crippen LogP contribution in [-0.4, -0.2) is 49.9 Å². The van der Waals surface area contributed by atoms with Crippen molar-refractivity contribution in [2.45, 2.75) is 161 Å². The van der Waals surface area contributed by atoms with Crippen molar-refractivity contribution in [2.75, 3.05) is 0 Å². The van der Waals surface area contributed by atoms with E-state index in [1.807, 2.05) is 6.07 Å². The highest BCUT2D eigenvalue weighted by Crippen LogP contribution is 2.45. The molecule has 0 bridgehead atoms. The normalized spacial score (nSPS) is 25.7. The van der Waals surface area contributed by atoms with Gasteiger partial charge in [0.05, 0.1) is 28.1 Å². The maximum Gasteiger partial charge on any atom is 0.297 e. The van der Waals surface area contributed by atoms with Crippen LogP contribution in [0.3, 0.4) is 0 Å². The Bertz CT molecular complexity index is 1670. The summed E-state index contributed by atoms with van der Waals surface area (Å²) in [6.07, 6.45) is 19.0. The largest absolute Gasteiger partial charge is 0.393 e. The third kappa shape index (κ3) is 9.75. The predicted molar refractivity (Wildman–Crippen MR) is 198 cm³/mol. The van der Waals surface area contributed by atoms with Crippen molar-refractivity contribution in [3.63, 3.8) is 0 Å². The summed E-state index contributed by atoms with van der Waals surface area (Å²) in [6.45, 7) is 7.72. The van der Waals surface area contributed by atoms with E-state index in [0.29, 0.717) is 30.6 Å². The van der Waals surface area contributed by atoms with Gasteiger partial charge >= 0.3 is 0 Å². The highest BCUT2D eigenvalue weighted by atomic mass is 32.2. The average molecular weight is 729 g/mol. The summed E-state index contributed by atoms with van der Waals surface area (Å²) < 4.78 is 65.4. The molecular weight excluding hydrogens is 673 g/mol. The molecule has 0 amide bonds. The van der Waals surface area contributed by atoms with Crippen molar-refractivity contribution < 1.29 is 35.8 Å². The lowest BCUT2D eigenvalue weighted by molar-refractivity contribution is 0.0695. The Morgan fingerprint density at radius 3 is 1.66 bits per heavy atom. The second-order valence-corrected chi connectivity index (χ2v) is 17.7. The Morgan fingerprint density at radius 2 is 1.12 bits per heavy atom. The molecule has 4 saturated carbocycles. The molecule has 2 aromatic rings. The van der Waals surface area contributed by atoms with E-state index in [-0.39, 0.29) is 41.0 Å². The van der Waals surface area contributed by atoms with Gasteiger partial charge in [-0.05, 0) is 135 Å². The van der Waals surface area contributed by atoms with Crippen LogP contribution >= 0.6 is 0 Å². The molecule has 3 N–H and O–H groups in total. The molecule has 0 atom stereocenters. The number of hydrogen-bond donors (Lipinski definition) is 3. The minimum absolute atomic E-state index is 0.0751. The molecule has 0 saturated heterocycles. The topological polar surface area (TPSA) is 138 Å². The maximum atomic E-state index is 12.9. The summed E-state index contributed by atoms with van der Waals surface area (Å²) in [6, 6.07) is 8.73. The molecule has 50 heavy (non-hydrogen) atoms. The average Bonchev–Trinajstić information content (AvgIpc) is 3.12. The molecule has 0 unspecified atom stereocenters. The summed E-state index contributed by atoms with van der Waals surface area (Å²) in [4.78, 5) is 0.391. The molecule has 8 nitrogen and oxygen atoms in total. The van der Waals surface area contributed by atoms with Gasteiger partial charge in [-0.2, -0.15) is 16.8 Å². The molecule has 276 valence electrons. The van der Waals surface area contributed by atoms with E-state index in [2.05, 4.69) is 13.2 Å². The first-order chi connectivity index (χ1) is 23.9. The third-order valence-electron chi connectivity index (χ3n) is 11.4. The lowest BCUT2D eigenvalue weighted by atomic mass is 9.74. The summed E-state index contributed by atoms with van der Waals surface area (Å²) in [5, 5.41) is 19.4. The van der Waals surface area contributed by atoms with Crippen LogP contribution in [0, 0.1) is 0 Å². The van der Waals surface area contributed by atoms with Crippen molar-refractivity contribution in [3.05, 3.63) is 71.3 Å². The van der Waals surface area contributed by atoms with Crippen LogP contribution in [0.5, 0.6) is 0 Å². The molecule has 0 aromatic heterocycles. The van der Waals surface area contributed by atoms with E-state index in [1.165, 1.54) is 18.9 Å².